The zero-order valence-electron chi connectivity index (χ0n) is 12.1. The summed E-state index contributed by atoms with van der Waals surface area (Å²) in [6.07, 6.45) is 0. The minimum Gasteiger partial charge on any atom is -0.103 e. The maximum Gasteiger partial charge on any atom is 0.121 e. The highest BCUT2D eigenvalue weighted by Crippen LogP contribution is 2.45. The summed E-state index contributed by atoms with van der Waals surface area (Å²) in [6.45, 7) is 0. The van der Waals surface area contributed by atoms with Crippen molar-refractivity contribution in [1.82, 2.24) is 0 Å². The highest BCUT2D eigenvalue weighted by molar-refractivity contribution is 7.99. The molecule has 4 heteroatoms. The quantitative estimate of drug-likeness (QED) is 0.311. The molecule has 0 aliphatic carbocycles. The van der Waals surface area contributed by atoms with Crippen molar-refractivity contribution < 1.29 is 0 Å². The zero-order valence-corrected chi connectivity index (χ0v) is 15.3. The Morgan fingerprint density at radius 3 is 1.91 bits per heavy atom. The molecule has 0 aliphatic heterocycles. The summed E-state index contributed by atoms with van der Waals surface area (Å²) in [4.78, 5) is -0.837. The van der Waals surface area contributed by atoms with E-state index in [-0.39, 0.29) is 0 Å². The maximum absolute atomic E-state index is 7.20. The lowest BCUT2D eigenvalue weighted by Gasteiger charge is -2.30. The largest absolute Gasteiger partial charge is 0.121 e. The predicted octanol–water partition coefficient (Wildman–Crippen LogP) is 5.90. The third kappa shape index (κ3) is 3.20. The molecule has 1 unspecified atom stereocenters. The summed E-state index contributed by atoms with van der Waals surface area (Å²) < 4.78 is 0. The van der Waals surface area contributed by atoms with Crippen molar-refractivity contribution in [2.45, 2.75) is 4.87 Å². The fourth-order valence-corrected chi connectivity index (χ4v) is 4.02. The van der Waals surface area contributed by atoms with E-state index in [0.29, 0.717) is 5.02 Å². The molecule has 3 rings (SSSR count). The molecule has 0 N–H and O–H groups in total. The Labute approximate surface area is 152 Å². The van der Waals surface area contributed by atoms with Crippen LogP contribution in [0.15, 0.2) is 78.9 Å². The minimum atomic E-state index is -0.837. The number of halogens is 2. The number of benzene rings is 3. The summed E-state index contributed by atoms with van der Waals surface area (Å²) in [5.41, 5.74) is 2.83. The molecule has 0 saturated heterocycles. The molecule has 0 nitrogen and oxygen atoms in total. The van der Waals surface area contributed by atoms with Crippen LogP contribution in [0.2, 0.25) is 5.02 Å². The second kappa shape index (κ2) is 7.11. The van der Waals surface area contributed by atoms with Gasteiger partial charge < -0.3 is 0 Å². The van der Waals surface area contributed by atoms with E-state index in [1.807, 2.05) is 78.9 Å². The van der Waals surface area contributed by atoms with Crippen LogP contribution in [0.25, 0.3) is 0 Å². The average molecular weight is 375 g/mol. The van der Waals surface area contributed by atoms with E-state index in [1.54, 1.807) is 0 Å². The van der Waals surface area contributed by atoms with Crippen LogP contribution in [0.1, 0.15) is 16.7 Å². The van der Waals surface area contributed by atoms with Gasteiger partial charge in [-0.25, -0.2) is 0 Å². The maximum atomic E-state index is 7.20. The molecule has 0 amide bonds. The molecular weight excluding hydrogens is 362 g/mol. The molecule has 0 radical (unpaired) electrons. The SMILES string of the molecule is S=Pc1ccc(C(Cl)(c2ccccc2)c2ccccc2Cl)cc1. The van der Waals surface area contributed by atoms with E-state index in [4.69, 9.17) is 35.0 Å². The standard InChI is InChI=1S/C19H13Cl2PS/c20-18-9-5-4-8-17(18)19(21,14-6-2-1-3-7-14)15-10-12-16(22-23)13-11-15/h1-13H. The van der Waals surface area contributed by atoms with Crippen molar-refractivity contribution >= 4 is 47.7 Å². The second-order valence-corrected chi connectivity index (χ2v) is 7.36. The Hall–Kier alpha value is -1.24. The fourth-order valence-electron chi connectivity index (χ4n) is 2.64. The number of rotatable bonds is 4. The van der Waals surface area contributed by atoms with Crippen LogP contribution >= 0.6 is 30.6 Å². The lowest BCUT2D eigenvalue weighted by molar-refractivity contribution is 0.880. The van der Waals surface area contributed by atoms with E-state index in [9.17, 15) is 0 Å². The van der Waals surface area contributed by atoms with Crippen LogP contribution in [0.3, 0.4) is 0 Å². The first-order valence-electron chi connectivity index (χ1n) is 7.09. The van der Waals surface area contributed by atoms with Crippen LogP contribution < -0.4 is 5.30 Å². The Kier molecular flexibility index (Phi) is 5.14. The highest BCUT2D eigenvalue weighted by Gasteiger charge is 2.35. The first kappa shape index (κ1) is 16.6. The summed E-state index contributed by atoms with van der Waals surface area (Å²) in [6, 6.07) is 25.8. The average Bonchev–Trinajstić information content (AvgIpc) is 2.62. The Morgan fingerprint density at radius 2 is 1.30 bits per heavy atom. The van der Waals surface area contributed by atoms with Gasteiger partial charge >= 0.3 is 0 Å². The van der Waals surface area contributed by atoms with Crippen molar-refractivity contribution in [3.8, 4) is 0 Å². The Morgan fingerprint density at radius 1 is 0.739 bits per heavy atom. The molecular formula is C19H13Cl2PS. The van der Waals surface area contributed by atoms with Gasteiger partial charge in [0.05, 0.1) is 0 Å². The van der Waals surface area contributed by atoms with Gasteiger partial charge in [-0.15, -0.1) is 11.6 Å². The Bertz CT molecular complexity index is 818. The van der Waals surface area contributed by atoms with Crippen molar-refractivity contribution in [3.05, 3.63) is 101 Å². The van der Waals surface area contributed by atoms with Crippen LogP contribution in [0, 0.1) is 0 Å². The first-order chi connectivity index (χ1) is 11.2. The van der Waals surface area contributed by atoms with Gasteiger partial charge in [0, 0.05) is 23.2 Å². The van der Waals surface area contributed by atoms with Gasteiger partial charge in [0.2, 0.25) is 0 Å². The lowest BCUT2D eigenvalue weighted by atomic mass is 9.84. The molecule has 0 heterocycles. The van der Waals surface area contributed by atoms with Gasteiger partial charge in [-0.3, -0.25) is 0 Å². The van der Waals surface area contributed by atoms with E-state index in [0.717, 1.165) is 29.4 Å². The molecule has 23 heavy (non-hydrogen) atoms. The topological polar surface area (TPSA) is 0 Å². The third-order valence-corrected chi connectivity index (χ3v) is 5.90. The molecule has 0 saturated carbocycles. The number of hydrogen-bond acceptors (Lipinski definition) is 1. The van der Waals surface area contributed by atoms with Gasteiger partial charge in [0.1, 0.15) is 4.87 Å². The number of alkyl halides is 1. The van der Waals surface area contributed by atoms with Crippen molar-refractivity contribution in [2.24, 2.45) is 0 Å². The molecule has 0 fully saturated rings. The summed E-state index contributed by atoms with van der Waals surface area (Å²) in [5, 5.41) is 1.73. The molecule has 3 aromatic carbocycles. The van der Waals surface area contributed by atoms with E-state index >= 15 is 0 Å². The normalized spacial score (nSPS) is 13.7. The molecule has 3 aromatic rings. The van der Waals surface area contributed by atoms with Gasteiger partial charge in [0.25, 0.3) is 0 Å². The van der Waals surface area contributed by atoms with Crippen molar-refractivity contribution in [2.75, 3.05) is 0 Å². The van der Waals surface area contributed by atoms with E-state index in [1.165, 1.54) is 0 Å². The smallest absolute Gasteiger partial charge is 0.103 e. The predicted molar refractivity (Wildman–Crippen MR) is 104 cm³/mol. The lowest BCUT2D eigenvalue weighted by Crippen LogP contribution is -2.23. The first-order valence-corrected chi connectivity index (χ1v) is 9.76. The fraction of sp³-hybridized carbons (Fsp3) is 0.0526. The number of hydrogen-bond donors (Lipinski definition) is 0. The zero-order chi connectivity index (χ0) is 16.3. The summed E-state index contributed by atoms with van der Waals surface area (Å²) in [7, 11) is 0.826. The van der Waals surface area contributed by atoms with Crippen LogP contribution in [0.4, 0.5) is 0 Å². The van der Waals surface area contributed by atoms with E-state index < -0.39 is 4.87 Å². The van der Waals surface area contributed by atoms with E-state index in [2.05, 4.69) is 0 Å². The highest BCUT2D eigenvalue weighted by atomic mass is 35.5. The van der Waals surface area contributed by atoms with Gasteiger partial charge in [0.15, 0.2) is 0 Å². The molecule has 0 bridgehead atoms. The molecule has 0 aliphatic rings. The third-order valence-electron chi connectivity index (χ3n) is 3.79. The second-order valence-electron chi connectivity index (χ2n) is 5.14. The monoisotopic (exact) mass is 374 g/mol. The summed E-state index contributed by atoms with van der Waals surface area (Å²) >= 11 is 18.7. The molecule has 0 spiro atoms. The Balaban J connectivity index is 2.25. The van der Waals surface area contributed by atoms with Gasteiger partial charge in [-0.05, 0) is 29.3 Å². The molecule has 114 valence electrons. The van der Waals surface area contributed by atoms with Gasteiger partial charge in [-0.1, -0.05) is 84.1 Å². The molecule has 0 aromatic heterocycles. The minimum absolute atomic E-state index is 0.650. The van der Waals surface area contributed by atoms with Crippen LogP contribution in [-0.2, 0) is 16.7 Å². The van der Waals surface area contributed by atoms with Crippen LogP contribution in [-0.4, -0.2) is 0 Å². The van der Waals surface area contributed by atoms with Crippen molar-refractivity contribution in [3.63, 3.8) is 0 Å². The molecule has 1 atom stereocenters. The summed E-state index contributed by atoms with van der Waals surface area (Å²) in [5.74, 6) is 0. The van der Waals surface area contributed by atoms with Gasteiger partial charge in [-0.2, -0.15) is 0 Å². The van der Waals surface area contributed by atoms with Crippen molar-refractivity contribution in [1.29, 1.82) is 0 Å². The van der Waals surface area contributed by atoms with Crippen LogP contribution in [0.5, 0.6) is 0 Å².